The summed E-state index contributed by atoms with van der Waals surface area (Å²) in [7, 11) is 1.92. The number of nitroso groups, excluding NO2 is 1. The molecule has 1 aliphatic carbocycles. The van der Waals surface area contributed by atoms with Crippen molar-refractivity contribution < 1.29 is 9.53 Å². The van der Waals surface area contributed by atoms with Crippen LogP contribution in [0.25, 0.3) is 0 Å². The molecule has 2 aliphatic rings. The van der Waals surface area contributed by atoms with Gasteiger partial charge in [-0.05, 0) is 38.4 Å². The number of nitrogens with one attached hydrogen (secondary N) is 1. The van der Waals surface area contributed by atoms with Crippen molar-refractivity contribution in [2.75, 3.05) is 13.6 Å². The van der Waals surface area contributed by atoms with Crippen molar-refractivity contribution in [1.29, 1.82) is 0 Å². The van der Waals surface area contributed by atoms with Gasteiger partial charge in [0.15, 0.2) is 11.9 Å². The second kappa shape index (κ2) is 4.91. The third kappa shape index (κ3) is 1.83. The van der Waals surface area contributed by atoms with Crippen molar-refractivity contribution in [2.45, 2.75) is 38.3 Å². The van der Waals surface area contributed by atoms with Gasteiger partial charge in [0.2, 0.25) is 0 Å². The van der Waals surface area contributed by atoms with Crippen LogP contribution >= 0.6 is 0 Å². The first-order valence-electron chi connectivity index (χ1n) is 7.30. The maximum absolute atomic E-state index is 12.1. The van der Waals surface area contributed by atoms with Gasteiger partial charge in [-0.25, -0.2) is 0 Å². The number of ether oxygens (including phenoxy) is 1. The molecule has 0 radical (unpaired) electrons. The van der Waals surface area contributed by atoms with E-state index in [1.807, 2.05) is 13.1 Å². The predicted molar refractivity (Wildman–Crippen MR) is 79.5 cm³/mol. The number of nitrogens with zero attached hydrogens (tertiary/aromatic N) is 1. The lowest BCUT2D eigenvalue weighted by Gasteiger charge is -2.32. The van der Waals surface area contributed by atoms with Crippen molar-refractivity contribution in [3.63, 3.8) is 0 Å². The molecule has 0 bridgehead atoms. The highest BCUT2D eigenvalue weighted by Crippen LogP contribution is 2.56. The second-order valence-electron chi connectivity index (χ2n) is 6.23. The van der Waals surface area contributed by atoms with E-state index in [1.54, 1.807) is 6.92 Å². The van der Waals surface area contributed by atoms with Gasteiger partial charge < -0.3 is 10.1 Å². The number of carbonyl (C=O) groups is 1. The van der Waals surface area contributed by atoms with E-state index in [4.69, 9.17) is 4.74 Å². The van der Waals surface area contributed by atoms with E-state index in [0.717, 1.165) is 24.1 Å². The van der Waals surface area contributed by atoms with Gasteiger partial charge in [0, 0.05) is 16.5 Å². The molecule has 1 aromatic carbocycles. The highest BCUT2D eigenvalue weighted by molar-refractivity contribution is 5.85. The first-order chi connectivity index (χ1) is 10.0. The Labute approximate surface area is 124 Å². The number of carbonyl (C=O) groups excluding carboxylic acids is 1. The van der Waals surface area contributed by atoms with E-state index in [1.165, 1.54) is 5.56 Å². The molecule has 3 rings (SSSR count). The van der Waals surface area contributed by atoms with Crippen LogP contribution in [-0.4, -0.2) is 25.5 Å². The van der Waals surface area contributed by atoms with E-state index in [9.17, 15) is 9.70 Å². The maximum atomic E-state index is 12.1. The number of hydrogen-bond acceptors (Lipinski definition) is 5. The summed E-state index contributed by atoms with van der Waals surface area (Å²) >= 11 is 0. The SMILES string of the molecule is CNC[C@@H]1Cc2ccc(CN=O)c3c2C1(C)C(C(C)=O)O3. The minimum absolute atomic E-state index is 0.0349. The lowest BCUT2D eigenvalue weighted by Crippen LogP contribution is -2.47. The molecular formula is C16H20N2O3. The van der Waals surface area contributed by atoms with Crippen molar-refractivity contribution in [2.24, 2.45) is 11.1 Å². The van der Waals surface area contributed by atoms with Crippen LogP contribution in [0.5, 0.6) is 5.75 Å². The predicted octanol–water partition coefficient (Wildman–Crippen LogP) is 1.95. The van der Waals surface area contributed by atoms with Crippen LogP contribution < -0.4 is 10.1 Å². The van der Waals surface area contributed by atoms with Crippen LogP contribution in [0.3, 0.4) is 0 Å². The molecule has 1 heterocycles. The fourth-order valence-electron chi connectivity index (χ4n) is 4.06. The molecule has 0 saturated heterocycles. The smallest absolute Gasteiger partial charge is 0.171 e. The molecule has 5 heteroatoms. The summed E-state index contributed by atoms with van der Waals surface area (Å²) in [6, 6.07) is 3.96. The van der Waals surface area contributed by atoms with Crippen molar-refractivity contribution >= 4 is 5.78 Å². The van der Waals surface area contributed by atoms with Gasteiger partial charge in [0.25, 0.3) is 0 Å². The highest BCUT2D eigenvalue weighted by Gasteiger charge is 2.57. The monoisotopic (exact) mass is 288 g/mol. The average molecular weight is 288 g/mol. The first-order valence-corrected chi connectivity index (χ1v) is 7.30. The Balaban J connectivity index is 2.16. The first kappa shape index (κ1) is 14.2. The normalized spacial score (nSPS) is 29.1. The summed E-state index contributed by atoms with van der Waals surface area (Å²) in [5.74, 6) is 1.06. The number of ketones is 1. The fraction of sp³-hybridized carbons (Fsp3) is 0.562. The topological polar surface area (TPSA) is 67.8 Å². The molecule has 1 N–H and O–H groups in total. The molecule has 1 aliphatic heterocycles. The Hall–Kier alpha value is -1.75. The van der Waals surface area contributed by atoms with Crippen molar-refractivity contribution in [3.05, 3.63) is 33.7 Å². The summed E-state index contributed by atoms with van der Waals surface area (Å²) in [5.41, 5.74) is 2.80. The Bertz CT molecular complexity index is 614. The Morgan fingerprint density at radius 1 is 1.52 bits per heavy atom. The number of rotatable bonds is 5. The summed E-state index contributed by atoms with van der Waals surface area (Å²) in [6.07, 6.45) is 0.460. The van der Waals surface area contributed by atoms with E-state index < -0.39 is 6.10 Å². The largest absolute Gasteiger partial charge is 0.481 e. The van der Waals surface area contributed by atoms with E-state index >= 15 is 0 Å². The van der Waals surface area contributed by atoms with Crippen LogP contribution in [0, 0.1) is 10.8 Å². The van der Waals surface area contributed by atoms with Gasteiger partial charge >= 0.3 is 0 Å². The van der Waals surface area contributed by atoms with Gasteiger partial charge in [-0.3, -0.25) is 4.79 Å². The third-order valence-electron chi connectivity index (χ3n) is 5.01. The average Bonchev–Trinajstić information content (AvgIpc) is 2.90. The molecule has 112 valence electrons. The summed E-state index contributed by atoms with van der Waals surface area (Å²) in [5, 5.41) is 6.20. The van der Waals surface area contributed by atoms with Crippen molar-refractivity contribution in [3.8, 4) is 5.75 Å². The molecule has 21 heavy (non-hydrogen) atoms. The molecule has 0 amide bonds. The van der Waals surface area contributed by atoms with E-state index in [2.05, 4.69) is 23.5 Å². The van der Waals surface area contributed by atoms with Gasteiger partial charge in [-0.2, -0.15) is 4.91 Å². The molecule has 0 spiro atoms. The number of benzene rings is 1. The number of hydrogen-bond donors (Lipinski definition) is 1. The molecular weight excluding hydrogens is 268 g/mol. The summed E-state index contributed by atoms with van der Waals surface area (Å²) in [6.45, 7) is 4.61. The van der Waals surface area contributed by atoms with Gasteiger partial charge in [0.1, 0.15) is 12.3 Å². The molecule has 2 unspecified atom stereocenters. The lowest BCUT2D eigenvalue weighted by atomic mass is 9.72. The van der Waals surface area contributed by atoms with E-state index in [0.29, 0.717) is 11.7 Å². The van der Waals surface area contributed by atoms with Crippen molar-refractivity contribution in [1.82, 2.24) is 5.32 Å². The second-order valence-corrected chi connectivity index (χ2v) is 6.23. The van der Waals surface area contributed by atoms with Crippen LogP contribution in [0.2, 0.25) is 0 Å². The minimum Gasteiger partial charge on any atom is -0.481 e. The maximum Gasteiger partial charge on any atom is 0.171 e. The Morgan fingerprint density at radius 2 is 2.29 bits per heavy atom. The molecule has 0 aromatic heterocycles. The fourth-order valence-corrected chi connectivity index (χ4v) is 4.06. The van der Waals surface area contributed by atoms with Crippen LogP contribution in [0.1, 0.15) is 30.5 Å². The lowest BCUT2D eigenvalue weighted by molar-refractivity contribution is -0.126. The standard InChI is InChI=1S/C16H20N2O3/c1-9(19)15-16(2)12(8-17-3)6-10-4-5-11(7-18-20)14(21-15)13(10)16/h4-5,12,15,17H,6-8H2,1-3H3/t12-,15?,16?/m0/s1. The molecule has 0 fully saturated rings. The van der Waals surface area contributed by atoms with Gasteiger partial charge in [-0.15, -0.1) is 0 Å². The molecule has 0 saturated carbocycles. The van der Waals surface area contributed by atoms with E-state index in [-0.39, 0.29) is 17.7 Å². The van der Waals surface area contributed by atoms with Crippen LogP contribution in [-0.2, 0) is 23.2 Å². The molecule has 3 atom stereocenters. The Morgan fingerprint density at radius 3 is 2.90 bits per heavy atom. The van der Waals surface area contributed by atoms with Crippen LogP contribution in [0.15, 0.2) is 17.3 Å². The zero-order chi connectivity index (χ0) is 15.2. The zero-order valence-electron chi connectivity index (χ0n) is 12.6. The third-order valence-corrected chi connectivity index (χ3v) is 5.01. The van der Waals surface area contributed by atoms with Crippen LogP contribution in [0.4, 0.5) is 0 Å². The zero-order valence-corrected chi connectivity index (χ0v) is 12.6. The highest BCUT2D eigenvalue weighted by atomic mass is 16.5. The number of Topliss-reactive ketones (excluding diaryl/α,β-unsaturated/α-hetero) is 1. The molecule has 1 aromatic rings. The summed E-state index contributed by atoms with van der Waals surface area (Å²) < 4.78 is 6.00. The minimum atomic E-state index is -0.472. The van der Waals surface area contributed by atoms with Gasteiger partial charge in [-0.1, -0.05) is 24.2 Å². The van der Waals surface area contributed by atoms with Gasteiger partial charge in [0.05, 0.1) is 0 Å². The Kier molecular flexibility index (Phi) is 3.32. The quantitative estimate of drug-likeness (QED) is 0.841. The summed E-state index contributed by atoms with van der Waals surface area (Å²) in [4.78, 5) is 22.7. The molecule has 5 nitrogen and oxygen atoms in total.